The molecule has 0 aromatic heterocycles. The van der Waals surface area contributed by atoms with Crippen LogP contribution in [-0.4, -0.2) is 37.0 Å². The Labute approximate surface area is 110 Å². The average molecular weight is 256 g/mol. The van der Waals surface area contributed by atoms with Crippen LogP contribution in [0.1, 0.15) is 19.8 Å². The quantitative estimate of drug-likeness (QED) is 0.751. The topological polar surface area (TPSA) is 12.5 Å². The van der Waals surface area contributed by atoms with Gasteiger partial charge in [0, 0.05) is 11.9 Å². The van der Waals surface area contributed by atoms with E-state index in [0.29, 0.717) is 5.38 Å². The Bertz CT molecular complexity index is 292. The minimum absolute atomic E-state index is 0.415. The molecule has 0 aliphatic carbocycles. The lowest BCUT2D eigenvalue weighted by molar-refractivity contribution is 0.243. The highest BCUT2D eigenvalue weighted by Crippen LogP contribution is 2.13. The maximum Gasteiger partial charge on any atom is 0.118 e. The molecule has 17 heavy (non-hydrogen) atoms. The average Bonchev–Trinajstić information content (AvgIpc) is 2.40. The van der Waals surface area contributed by atoms with Crippen LogP contribution in [0.4, 0.5) is 0 Å². The third kappa shape index (κ3) is 5.94. The van der Waals surface area contributed by atoms with Gasteiger partial charge in [0.15, 0.2) is 0 Å². The van der Waals surface area contributed by atoms with Crippen molar-refractivity contribution < 1.29 is 4.74 Å². The number of nitrogens with zero attached hydrogens (tertiary/aromatic N) is 1. The molecule has 1 aromatic rings. The van der Waals surface area contributed by atoms with Crippen LogP contribution in [-0.2, 0) is 0 Å². The lowest BCUT2D eigenvalue weighted by Crippen LogP contribution is -2.35. The summed E-state index contributed by atoms with van der Waals surface area (Å²) < 4.78 is 4.91. The van der Waals surface area contributed by atoms with Crippen molar-refractivity contribution in [3.63, 3.8) is 0 Å². The summed E-state index contributed by atoms with van der Waals surface area (Å²) in [6.45, 7) is 5.69. The largest absolute Gasteiger partial charge is 0.497 e. The Morgan fingerprint density at radius 3 is 2.47 bits per heavy atom. The number of methoxy groups -OCH3 is 1. The highest BCUT2D eigenvalue weighted by molar-refractivity contribution is 6.20. The number of halogens is 1. The number of hydrogen-bond donors (Lipinski definition) is 0. The van der Waals surface area contributed by atoms with Crippen LogP contribution in [0.25, 0.3) is 0 Å². The Balaban J connectivity index is 0.000000171. The van der Waals surface area contributed by atoms with E-state index >= 15 is 0 Å². The van der Waals surface area contributed by atoms with E-state index < -0.39 is 0 Å². The molecule has 2 rings (SSSR count). The molecule has 1 heterocycles. The lowest BCUT2D eigenvalue weighted by atomic mass is 10.1. The molecule has 1 atom stereocenters. The number of alkyl halides is 1. The van der Waals surface area contributed by atoms with Crippen LogP contribution in [0.15, 0.2) is 30.3 Å². The molecule has 1 saturated heterocycles. The van der Waals surface area contributed by atoms with E-state index in [0.717, 1.165) is 18.8 Å². The van der Waals surface area contributed by atoms with Gasteiger partial charge >= 0.3 is 0 Å². The third-order valence-electron chi connectivity index (χ3n) is 2.87. The van der Waals surface area contributed by atoms with Crippen LogP contribution in [0.2, 0.25) is 0 Å². The number of hydrogen-bond acceptors (Lipinski definition) is 2. The van der Waals surface area contributed by atoms with Crippen molar-refractivity contribution in [1.82, 2.24) is 4.90 Å². The summed E-state index contributed by atoms with van der Waals surface area (Å²) in [6.07, 6.45) is 2.49. The van der Waals surface area contributed by atoms with Crippen LogP contribution in [0.3, 0.4) is 0 Å². The van der Waals surface area contributed by atoms with E-state index in [1.165, 1.54) is 19.4 Å². The van der Waals surface area contributed by atoms with Gasteiger partial charge in [0.05, 0.1) is 7.11 Å². The van der Waals surface area contributed by atoms with Crippen molar-refractivity contribution >= 4 is 11.6 Å². The predicted octanol–water partition coefficient (Wildman–Crippen LogP) is 3.40. The number of benzene rings is 1. The summed E-state index contributed by atoms with van der Waals surface area (Å²) in [5.74, 6) is 0.910. The van der Waals surface area contributed by atoms with Gasteiger partial charge < -0.3 is 9.64 Å². The van der Waals surface area contributed by atoms with Crippen LogP contribution < -0.4 is 4.74 Å². The van der Waals surface area contributed by atoms with Crippen LogP contribution >= 0.6 is 11.6 Å². The first-order valence-electron chi connectivity index (χ1n) is 6.21. The first kappa shape index (κ1) is 14.3. The van der Waals surface area contributed by atoms with Crippen molar-refractivity contribution in [1.29, 1.82) is 0 Å². The first-order chi connectivity index (χ1) is 8.26. The van der Waals surface area contributed by atoms with Crippen molar-refractivity contribution in [2.45, 2.75) is 25.1 Å². The number of rotatable bonds is 2. The monoisotopic (exact) mass is 255 g/mol. The molecule has 1 aliphatic rings. The second kappa shape index (κ2) is 8.37. The molecule has 3 heteroatoms. The number of para-hydroxylation sites is 1. The van der Waals surface area contributed by atoms with E-state index in [9.17, 15) is 0 Å². The molecule has 1 aliphatic heterocycles. The highest BCUT2D eigenvalue weighted by atomic mass is 35.5. The Morgan fingerprint density at radius 2 is 2.06 bits per heavy atom. The van der Waals surface area contributed by atoms with E-state index in [-0.39, 0.29) is 0 Å². The number of ether oxygens (including phenoxy) is 1. The fourth-order valence-electron chi connectivity index (χ4n) is 1.84. The molecule has 0 radical (unpaired) electrons. The van der Waals surface area contributed by atoms with E-state index in [1.54, 1.807) is 7.11 Å². The van der Waals surface area contributed by atoms with Gasteiger partial charge in [0.1, 0.15) is 5.75 Å². The van der Waals surface area contributed by atoms with Gasteiger partial charge in [-0.25, -0.2) is 0 Å². The van der Waals surface area contributed by atoms with E-state index in [1.807, 2.05) is 30.3 Å². The predicted molar refractivity (Wildman–Crippen MR) is 74.0 cm³/mol. The molecule has 96 valence electrons. The summed E-state index contributed by atoms with van der Waals surface area (Å²) in [5.41, 5.74) is 0. The summed E-state index contributed by atoms with van der Waals surface area (Å²) in [5, 5.41) is 0.415. The summed E-state index contributed by atoms with van der Waals surface area (Å²) in [7, 11) is 1.66. The molecule has 1 unspecified atom stereocenters. The van der Waals surface area contributed by atoms with Gasteiger partial charge in [-0.1, -0.05) is 25.1 Å². The molecule has 0 saturated carbocycles. The first-order valence-corrected chi connectivity index (χ1v) is 6.65. The molecule has 0 amide bonds. The zero-order valence-corrected chi connectivity index (χ0v) is 11.5. The van der Waals surface area contributed by atoms with E-state index in [2.05, 4.69) is 11.8 Å². The Morgan fingerprint density at radius 1 is 1.35 bits per heavy atom. The minimum Gasteiger partial charge on any atom is -0.497 e. The van der Waals surface area contributed by atoms with Gasteiger partial charge in [0.2, 0.25) is 0 Å². The molecule has 2 nitrogen and oxygen atoms in total. The summed E-state index contributed by atoms with van der Waals surface area (Å²) in [4.78, 5) is 2.40. The number of piperidine rings is 1. The molecule has 0 spiro atoms. The Kier molecular flexibility index (Phi) is 7.06. The zero-order valence-electron chi connectivity index (χ0n) is 10.7. The van der Waals surface area contributed by atoms with Gasteiger partial charge in [-0.05, 0) is 38.1 Å². The van der Waals surface area contributed by atoms with Crippen molar-refractivity contribution in [3.05, 3.63) is 30.3 Å². The fourth-order valence-corrected chi connectivity index (χ4v) is 2.19. The maximum absolute atomic E-state index is 5.95. The molecular formula is C14H22ClNO. The minimum atomic E-state index is 0.415. The molecule has 0 bridgehead atoms. The normalized spacial score (nSPS) is 20.3. The second-order valence-corrected chi connectivity index (χ2v) is 4.77. The maximum atomic E-state index is 5.95. The number of likely N-dealkylation sites (tertiary alicyclic amines) is 1. The highest BCUT2D eigenvalue weighted by Gasteiger charge is 2.15. The second-order valence-electron chi connectivity index (χ2n) is 4.15. The SMILES string of the molecule is CCN1CCCC(Cl)C1.COc1ccccc1. The molecule has 1 fully saturated rings. The standard InChI is InChI=1S/C7H14ClN.C7H8O/c1-2-9-5-3-4-7(8)6-9;1-8-7-5-3-2-4-6-7/h7H,2-6H2,1H3;2-6H,1H3. The summed E-state index contributed by atoms with van der Waals surface area (Å²) >= 11 is 5.95. The van der Waals surface area contributed by atoms with Crippen molar-refractivity contribution in [3.8, 4) is 5.75 Å². The van der Waals surface area contributed by atoms with Gasteiger partial charge in [-0.2, -0.15) is 0 Å². The molecular weight excluding hydrogens is 234 g/mol. The van der Waals surface area contributed by atoms with Gasteiger partial charge in [-0.15, -0.1) is 11.6 Å². The van der Waals surface area contributed by atoms with Crippen molar-refractivity contribution in [2.24, 2.45) is 0 Å². The molecule has 1 aromatic carbocycles. The van der Waals surface area contributed by atoms with Gasteiger partial charge in [0.25, 0.3) is 0 Å². The van der Waals surface area contributed by atoms with Crippen LogP contribution in [0, 0.1) is 0 Å². The summed E-state index contributed by atoms with van der Waals surface area (Å²) in [6, 6.07) is 9.68. The van der Waals surface area contributed by atoms with E-state index in [4.69, 9.17) is 16.3 Å². The third-order valence-corrected chi connectivity index (χ3v) is 3.23. The molecule has 0 N–H and O–H groups in total. The van der Waals surface area contributed by atoms with Gasteiger partial charge in [-0.3, -0.25) is 0 Å². The fraction of sp³-hybridized carbons (Fsp3) is 0.571. The van der Waals surface area contributed by atoms with Crippen molar-refractivity contribution in [2.75, 3.05) is 26.7 Å². The van der Waals surface area contributed by atoms with Crippen LogP contribution in [0.5, 0.6) is 5.75 Å². The zero-order chi connectivity index (χ0) is 12.5. The smallest absolute Gasteiger partial charge is 0.118 e. The Hall–Kier alpha value is -0.730. The lowest BCUT2D eigenvalue weighted by Gasteiger charge is -2.28.